The van der Waals surface area contributed by atoms with E-state index >= 15 is 0 Å². The van der Waals surface area contributed by atoms with Crippen LogP contribution in [0.1, 0.15) is 25.0 Å². The molecule has 0 fully saturated rings. The summed E-state index contributed by atoms with van der Waals surface area (Å²) in [4.78, 5) is 12.4. The fourth-order valence-corrected chi connectivity index (χ4v) is 2.75. The van der Waals surface area contributed by atoms with Crippen molar-refractivity contribution in [2.24, 2.45) is 0 Å². The lowest BCUT2D eigenvalue weighted by atomic mass is 10.2. The molecule has 0 aliphatic heterocycles. The molecule has 0 aliphatic carbocycles. The topological polar surface area (TPSA) is 77.8 Å². The molecule has 6 nitrogen and oxygen atoms in total. The van der Waals surface area contributed by atoms with Crippen molar-refractivity contribution in [3.8, 4) is 23.3 Å². The molecule has 27 heavy (non-hydrogen) atoms. The number of carbonyl (C=O) groups is 1. The van der Waals surface area contributed by atoms with Gasteiger partial charge in [0.1, 0.15) is 5.75 Å². The first kappa shape index (κ1) is 20.7. The molecule has 2 aromatic carbocycles. The van der Waals surface area contributed by atoms with Crippen molar-refractivity contribution in [2.45, 2.75) is 26.6 Å². The van der Waals surface area contributed by atoms with Gasteiger partial charge in [0.15, 0.2) is 17.6 Å². The Kier molecular flexibility index (Phi) is 7.65. The Morgan fingerprint density at radius 2 is 2.07 bits per heavy atom. The molecular formula is C20H20BrNO5. The molecule has 0 amide bonds. The van der Waals surface area contributed by atoms with Gasteiger partial charge in [-0.05, 0) is 53.5 Å². The van der Waals surface area contributed by atoms with Crippen LogP contribution in [0.4, 0.5) is 0 Å². The Hall–Kier alpha value is -2.56. The van der Waals surface area contributed by atoms with Crippen LogP contribution in [0.2, 0.25) is 0 Å². The van der Waals surface area contributed by atoms with E-state index in [1.807, 2.05) is 30.3 Å². The van der Waals surface area contributed by atoms with Gasteiger partial charge in [-0.1, -0.05) is 12.1 Å². The zero-order valence-electron chi connectivity index (χ0n) is 15.3. The number of benzene rings is 2. The third-order valence-electron chi connectivity index (χ3n) is 3.61. The highest BCUT2D eigenvalue weighted by atomic mass is 79.9. The van der Waals surface area contributed by atoms with E-state index in [4.69, 9.17) is 24.2 Å². The molecule has 1 unspecified atom stereocenters. The summed E-state index contributed by atoms with van der Waals surface area (Å²) < 4.78 is 22.2. The maximum atomic E-state index is 12.4. The summed E-state index contributed by atoms with van der Waals surface area (Å²) in [6.45, 7) is 4.02. The lowest BCUT2D eigenvalue weighted by molar-refractivity contribution is -0.147. The van der Waals surface area contributed by atoms with Gasteiger partial charge in [-0.2, -0.15) is 5.26 Å². The molecule has 0 aliphatic rings. The Morgan fingerprint density at radius 1 is 1.30 bits per heavy atom. The lowest BCUT2D eigenvalue weighted by Gasteiger charge is -2.16. The Balaban J connectivity index is 2.06. The molecule has 0 heterocycles. The molecule has 0 N–H and O–H groups in total. The Morgan fingerprint density at radius 3 is 2.74 bits per heavy atom. The largest absolute Gasteiger partial charge is 0.497 e. The zero-order chi connectivity index (χ0) is 19.8. The highest BCUT2D eigenvalue weighted by molar-refractivity contribution is 9.10. The second kappa shape index (κ2) is 9.95. The van der Waals surface area contributed by atoms with Crippen molar-refractivity contribution in [1.82, 2.24) is 0 Å². The number of methoxy groups -OCH3 is 1. The van der Waals surface area contributed by atoms with Crippen LogP contribution in [0.15, 0.2) is 40.9 Å². The van der Waals surface area contributed by atoms with Crippen molar-refractivity contribution in [2.75, 3.05) is 13.7 Å². The van der Waals surface area contributed by atoms with Gasteiger partial charge in [0.05, 0.1) is 36.4 Å². The lowest BCUT2D eigenvalue weighted by Crippen LogP contribution is -2.26. The predicted molar refractivity (Wildman–Crippen MR) is 103 cm³/mol. The summed E-state index contributed by atoms with van der Waals surface area (Å²) in [5, 5.41) is 9.07. The van der Waals surface area contributed by atoms with Crippen LogP contribution in [0.25, 0.3) is 0 Å². The second-order valence-electron chi connectivity index (χ2n) is 5.56. The molecule has 0 spiro atoms. The van der Waals surface area contributed by atoms with Crippen LogP contribution in [-0.2, 0) is 16.1 Å². The Bertz CT molecular complexity index is 847. The molecule has 0 saturated heterocycles. The zero-order valence-corrected chi connectivity index (χ0v) is 16.9. The number of hydrogen-bond donors (Lipinski definition) is 0. The van der Waals surface area contributed by atoms with Crippen LogP contribution in [0, 0.1) is 11.3 Å². The number of halogens is 1. The normalized spacial score (nSPS) is 11.4. The molecule has 0 aromatic heterocycles. The van der Waals surface area contributed by atoms with E-state index in [0.29, 0.717) is 28.1 Å². The summed E-state index contributed by atoms with van der Waals surface area (Å²) in [5.74, 6) is 0.688. The molecule has 0 radical (unpaired) electrons. The average Bonchev–Trinajstić information content (AvgIpc) is 2.68. The summed E-state index contributed by atoms with van der Waals surface area (Å²) in [7, 11) is 1.59. The minimum atomic E-state index is -0.798. The highest BCUT2D eigenvalue weighted by Crippen LogP contribution is 2.37. The highest BCUT2D eigenvalue weighted by Gasteiger charge is 2.21. The third kappa shape index (κ3) is 5.71. The molecule has 7 heteroatoms. The van der Waals surface area contributed by atoms with Gasteiger partial charge in [0.25, 0.3) is 0 Å². The summed E-state index contributed by atoms with van der Waals surface area (Å²) in [5.41, 5.74) is 1.27. The van der Waals surface area contributed by atoms with E-state index in [1.54, 1.807) is 27.0 Å². The van der Waals surface area contributed by atoms with Gasteiger partial charge in [-0.3, -0.25) is 0 Å². The number of hydrogen-bond acceptors (Lipinski definition) is 6. The standard InChI is InChI=1S/C20H20BrNO5/c1-4-25-18-10-15(11-22)9-17(21)19(18)27-20(23)13(2)26-12-14-6-5-7-16(8-14)24-3/h5-10,13H,4,12H2,1-3H3. The molecule has 0 saturated carbocycles. The van der Waals surface area contributed by atoms with Crippen molar-refractivity contribution in [3.05, 3.63) is 52.0 Å². The van der Waals surface area contributed by atoms with Crippen molar-refractivity contribution in [1.29, 1.82) is 5.26 Å². The van der Waals surface area contributed by atoms with Crippen molar-refractivity contribution in [3.63, 3.8) is 0 Å². The molecule has 142 valence electrons. The van der Waals surface area contributed by atoms with E-state index < -0.39 is 12.1 Å². The van der Waals surface area contributed by atoms with Gasteiger partial charge < -0.3 is 18.9 Å². The van der Waals surface area contributed by atoms with Crippen molar-refractivity contribution < 1.29 is 23.7 Å². The van der Waals surface area contributed by atoms with Gasteiger partial charge >= 0.3 is 5.97 Å². The van der Waals surface area contributed by atoms with E-state index in [-0.39, 0.29) is 12.4 Å². The number of ether oxygens (including phenoxy) is 4. The molecule has 2 aromatic rings. The van der Waals surface area contributed by atoms with Crippen LogP contribution < -0.4 is 14.2 Å². The summed E-state index contributed by atoms with van der Waals surface area (Å²) >= 11 is 3.31. The van der Waals surface area contributed by atoms with E-state index in [0.717, 1.165) is 5.56 Å². The molecular weight excluding hydrogens is 414 g/mol. The van der Waals surface area contributed by atoms with Crippen LogP contribution in [0.3, 0.4) is 0 Å². The first-order chi connectivity index (χ1) is 13.0. The Labute approximate surface area is 166 Å². The monoisotopic (exact) mass is 433 g/mol. The number of nitriles is 1. The minimum Gasteiger partial charge on any atom is -0.497 e. The second-order valence-corrected chi connectivity index (χ2v) is 6.41. The molecule has 0 bridgehead atoms. The number of carbonyl (C=O) groups excluding carboxylic acids is 1. The number of nitrogens with zero attached hydrogens (tertiary/aromatic N) is 1. The van der Waals surface area contributed by atoms with Crippen molar-refractivity contribution >= 4 is 21.9 Å². The average molecular weight is 434 g/mol. The van der Waals surface area contributed by atoms with Gasteiger partial charge in [-0.25, -0.2) is 4.79 Å². The first-order valence-corrected chi connectivity index (χ1v) is 9.10. The quantitative estimate of drug-likeness (QED) is 0.457. The fourth-order valence-electron chi connectivity index (χ4n) is 2.23. The van der Waals surface area contributed by atoms with E-state index in [1.165, 1.54) is 6.07 Å². The van der Waals surface area contributed by atoms with Gasteiger partial charge in [0.2, 0.25) is 0 Å². The third-order valence-corrected chi connectivity index (χ3v) is 4.20. The van der Waals surface area contributed by atoms with Crippen LogP contribution in [-0.4, -0.2) is 25.8 Å². The maximum absolute atomic E-state index is 12.4. The predicted octanol–water partition coefficient (Wildman–Crippen LogP) is 4.24. The fraction of sp³-hybridized carbons (Fsp3) is 0.300. The smallest absolute Gasteiger partial charge is 0.340 e. The van der Waals surface area contributed by atoms with Gasteiger partial charge in [0, 0.05) is 6.07 Å². The van der Waals surface area contributed by atoms with E-state index in [2.05, 4.69) is 15.9 Å². The number of rotatable bonds is 8. The maximum Gasteiger partial charge on any atom is 0.340 e. The molecule has 2 rings (SSSR count). The molecule has 1 atom stereocenters. The summed E-state index contributed by atoms with van der Waals surface area (Å²) in [6, 6.07) is 12.5. The first-order valence-electron chi connectivity index (χ1n) is 8.31. The van der Waals surface area contributed by atoms with Gasteiger partial charge in [-0.15, -0.1) is 0 Å². The SMILES string of the molecule is CCOc1cc(C#N)cc(Br)c1OC(=O)C(C)OCc1cccc(OC)c1. The summed E-state index contributed by atoms with van der Waals surface area (Å²) in [6.07, 6.45) is -0.798. The van der Waals surface area contributed by atoms with E-state index in [9.17, 15) is 4.79 Å². The van der Waals surface area contributed by atoms with Crippen LogP contribution in [0.5, 0.6) is 17.2 Å². The van der Waals surface area contributed by atoms with Crippen LogP contribution >= 0.6 is 15.9 Å². The number of esters is 1. The minimum absolute atomic E-state index is 0.220.